The Hall–Kier alpha value is -1.53. The zero-order valence-corrected chi connectivity index (χ0v) is 17.5. The van der Waals surface area contributed by atoms with Gasteiger partial charge in [0.15, 0.2) is 0 Å². The number of ether oxygens (including phenoxy) is 1. The molecule has 0 aliphatic carbocycles. The summed E-state index contributed by atoms with van der Waals surface area (Å²) in [6.45, 7) is 6.82. The van der Waals surface area contributed by atoms with Crippen molar-refractivity contribution in [2.24, 2.45) is 10.9 Å². The van der Waals surface area contributed by atoms with Gasteiger partial charge in [-0.2, -0.15) is 0 Å². The van der Waals surface area contributed by atoms with Crippen LogP contribution in [0.1, 0.15) is 39.2 Å². The van der Waals surface area contributed by atoms with E-state index in [2.05, 4.69) is 4.99 Å². The molecule has 2 heterocycles. The van der Waals surface area contributed by atoms with Crippen LogP contribution >= 0.6 is 23.4 Å². The quantitative estimate of drug-likeness (QED) is 0.735. The van der Waals surface area contributed by atoms with Gasteiger partial charge in [0.25, 0.3) is 5.91 Å². The molecule has 1 aromatic rings. The lowest BCUT2D eigenvalue weighted by Gasteiger charge is -2.34. The predicted octanol–water partition coefficient (Wildman–Crippen LogP) is 4.57. The summed E-state index contributed by atoms with van der Waals surface area (Å²) < 4.78 is 5.43. The summed E-state index contributed by atoms with van der Waals surface area (Å²) >= 11 is 7.77. The number of hydrogen-bond acceptors (Lipinski definition) is 4. The number of halogens is 1. The topological polar surface area (TPSA) is 59.0 Å². The maximum absolute atomic E-state index is 12.4. The van der Waals surface area contributed by atoms with Crippen LogP contribution in [0.15, 0.2) is 29.3 Å². The highest BCUT2D eigenvalue weighted by atomic mass is 35.5. The van der Waals surface area contributed by atoms with Gasteiger partial charge in [-0.25, -0.2) is 9.79 Å². The van der Waals surface area contributed by atoms with E-state index in [4.69, 9.17) is 16.3 Å². The number of amides is 2. The number of likely N-dealkylation sites (tertiary alicyclic amines) is 1. The van der Waals surface area contributed by atoms with E-state index in [9.17, 15) is 9.59 Å². The Morgan fingerprint density at radius 2 is 1.96 bits per heavy atom. The Kier molecular flexibility index (Phi) is 6.16. The van der Waals surface area contributed by atoms with Gasteiger partial charge in [-0.1, -0.05) is 41.6 Å². The molecule has 1 unspecified atom stereocenters. The number of rotatable bonds is 3. The fourth-order valence-electron chi connectivity index (χ4n) is 3.30. The smallest absolute Gasteiger partial charge is 0.410 e. The summed E-state index contributed by atoms with van der Waals surface area (Å²) in [4.78, 5) is 30.6. The first kappa shape index (κ1) is 20.2. The number of carbonyl (C=O) groups is 2. The maximum Gasteiger partial charge on any atom is 0.410 e. The number of aliphatic imine (C=N–C) groups is 1. The van der Waals surface area contributed by atoms with Crippen LogP contribution in [-0.2, 0) is 16.0 Å². The summed E-state index contributed by atoms with van der Waals surface area (Å²) in [5, 5.41) is 1.37. The zero-order valence-electron chi connectivity index (χ0n) is 15.9. The highest BCUT2D eigenvalue weighted by Crippen LogP contribution is 2.36. The van der Waals surface area contributed by atoms with E-state index in [0.29, 0.717) is 24.5 Å². The molecule has 2 aliphatic heterocycles. The van der Waals surface area contributed by atoms with Gasteiger partial charge >= 0.3 is 6.09 Å². The minimum atomic E-state index is -0.493. The van der Waals surface area contributed by atoms with E-state index < -0.39 is 5.60 Å². The number of hydrogen-bond donors (Lipinski definition) is 0. The van der Waals surface area contributed by atoms with Crippen molar-refractivity contribution < 1.29 is 14.3 Å². The average Bonchev–Trinajstić information content (AvgIpc) is 2.96. The van der Waals surface area contributed by atoms with Crippen LogP contribution < -0.4 is 0 Å². The molecule has 7 heteroatoms. The molecule has 3 rings (SSSR count). The molecule has 0 radical (unpaired) electrons. The van der Waals surface area contributed by atoms with Gasteiger partial charge in [0.2, 0.25) is 0 Å². The van der Waals surface area contributed by atoms with E-state index in [0.717, 1.165) is 23.4 Å². The summed E-state index contributed by atoms with van der Waals surface area (Å²) in [6, 6.07) is 7.64. The highest BCUT2D eigenvalue weighted by molar-refractivity contribution is 8.15. The Morgan fingerprint density at radius 1 is 1.30 bits per heavy atom. The fourth-order valence-corrected chi connectivity index (χ4v) is 4.80. The van der Waals surface area contributed by atoms with Crippen LogP contribution in [0, 0.1) is 5.92 Å². The van der Waals surface area contributed by atoms with Crippen molar-refractivity contribution in [2.75, 3.05) is 13.1 Å². The predicted molar refractivity (Wildman–Crippen MR) is 110 cm³/mol. The van der Waals surface area contributed by atoms with Crippen molar-refractivity contribution >= 4 is 40.4 Å². The Balaban J connectivity index is 1.53. The molecule has 146 valence electrons. The molecule has 1 fully saturated rings. The van der Waals surface area contributed by atoms with E-state index in [1.54, 1.807) is 16.7 Å². The number of benzene rings is 1. The number of thioether (sulfide) groups is 1. The molecule has 0 spiro atoms. The molecule has 1 aromatic carbocycles. The van der Waals surface area contributed by atoms with Crippen LogP contribution in [0.2, 0.25) is 5.02 Å². The van der Waals surface area contributed by atoms with Gasteiger partial charge in [-0.3, -0.25) is 4.79 Å². The molecule has 27 heavy (non-hydrogen) atoms. The van der Waals surface area contributed by atoms with Gasteiger partial charge in [-0.05, 0) is 51.2 Å². The number of nitrogens with zero attached hydrogens (tertiary/aromatic N) is 2. The van der Waals surface area contributed by atoms with Gasteiger partial charge in [-0.15, -0.1) is 0 Å². The highest BCUT2D eigenvalue weighted by Gasteiger charge is 2.38. The summed E-state index contributed by atoms with van der Waals surface area (Å²) in [6.07, 6.45) is 1.89. The van der Waals surface area contributed by atoms with Gasteiger partial charge in [0.05, 0.1) is 10.3 Å². The molecule has 0 aromatic heterocycles. The van der Waals surface area contributed by atoms with Crippen LogP contribution in [0.5, 0.6) is 0 Å². The Labute approximate surface area is 169 Å². The minimum absolute atomic E-state index is 0.0576. The van der Waals surface area contributed by atoms with Crippen molar-refractivity contribution in [3.63, 3.8) is 0 Å². The Morgan fingerprint density at radius 3 is 2.59 bits per heavy atom. The largest absolute Gasteiger partial charge is 0.444 e. The molecule has 5 nitrogen and oxygen atoms in total. The van der Waals surface area contributed by atoms with Gasteiger partial charge in [0, 0.05) is 24.5 Å². The molecule has 1 atom stereocenters. The molecule has 1 saturated heterocycles. The maximum atomic E-state index is 12.4. The van der Waals surface area contributed by atoms with Crippen LogP contribution in [0.4, 0.5) is 4.79 Å². The first-order valence-electron chi connectivity index (χ1n) is 9.22. The lowest BCUT2D eigenvalue weighted by molar-refractivity contribution is -0.118. The van der Waals surface area contributed by atoms with Crippen molar-refractivity contribution in [1.29, 1.82) is 0 Å². The first-order valence-corrected chi connectivity index (χ1v) is 10.5. The zero-order chi connectivity index (χ0) is 19.6. The van der Waals surface area contributed by atoms with Crippen molar-refractivity contribution in [3.05, 3.63) is 34.9 Å². The molecular formula is C20H25ClN2O3S. The third-order valence-corrected chi connectivity index (χ3v) is 6.38. The molecule has 0 N–H and O–H groups in total. The molecule has 0 bridgehead atoms. The van der Waals surface area contributed by atoms with E-state index >= 15 is 0 Å². The first-order chi connectivity index (χ1) is 12.7. The molecule has 2 aliphatic rings. The average molecular weight is 409 g/mol. The molecule has 0 saturated carbocycles. The normalized spacial score (nSPS) is 21.3. The number of piperidine rings is 1. The number of carbonyl (C=O) groups excluding carboxylic acids is 2. The second-order valence-corrected chi connectivity index (χ2v) is 9.58. The van der Waals surface area contributed by atoms with Crippen molar-refractivity contribution in [3.8, 4) is 0 Å². The molecule has 2 amide bonds. The standard InChI is InChI=1S/C20H25ClN2O3S/c1-20(2,3)26-19(25)23-10-8-13(9-11-23)17-18(24)22-16(27-17)12-14-6-4-5-7-15(14)21/h4-7,13,17H,8-12H2,1-3H3. The van der Waals surface area contributed by atoms with Crippen LogP contribution in [0.3, 0.4) is 0 Å². The van der Waals surface area contributed by atoms with E-state index in [1.165, 1.54) is 0 Å². The van der Waals surface area contributed by atoms with Crippen molar-refractivity contribution in [2.45, 2.75) is 50.9 Å². The van der Waals surface area contributed by atoms with Gasteiger partial charge < -0.3 is 9.64 Å². The minimum Gasteiger partial charge on any atom is -0.444 e. The summed E-state index contributed by atoms with van der Waals surface area (Å²) in [5.41, 5.74) is 0.491. The SMILES string of the molecule is CC(C)(C)OC(=O)N1CCC(C2SC(Cc3ccccc3Cl)=NC2=O)CC1. The van der Waals surface area contributed by atoms with Gasteiger partial charge in [0.1, 0.15) is 5.60 Å². The third kappa shape index (κ3) is 5.26. The van der Waals surface area contributed by atoms with E-state index in [-0.39, 0.29) is 23.2 Å². The third-order valence-electron chi connectivity index (χ3n) is 4.66. The second kappa shape index (κ2) is 8.23. The Bertz CT molecular complexity index is 752. The van der Waals surface area contributed by atoms with Crippen LogP contribution in [-0.4, -0.2) is 45.9 Å². The fraction of sp³-hybridized carbons (Fsp3) is 0.550. The molecular weight excluding hydrogens is 384 g/mol. The lowest BCUT2D eigenvalue weighted by Crippen LogP contribution is -2.43. The van der Waals surface area contributed by atoms with Crippen LogP contribution in [0.25, 0.3) is 0 Å². The summed E-state index contributed by atoms with van der Waals surface area (Å²) in [5.74, 6) is 0.173. The van der Waals surface area contributed by atoms with E-state index in [1.807, 2.05) is 45.0 Å². The second-order valence-electron chi connectivity index (χ2n) is 7.96. The lowest BCUT2D eigenvalue weighted by atomic mass is 9.93. The monoisotopic (exact) mass is 408 g/mol. The summed E-state index contributed by atoms with van der Waals surface area (Å²) in [7, 11) is 0. The van der Waals surface area contributed by atoms with Crippen molar-refractivity contribution in [1.82, 2.24) is 4.90 Å².